The summed E-state index contributed by atoms with van der Waals surface area (Å²) in [4.78, 5) is 42.3. The minimum Gasteiger partial charge on any atom is -0.479 e. The monoisotopic (exact) mass is 924 g/mol. The molecule has 0 aromatic rings. The number of hydrogen-bond donors (Lipinski definition) is 7. The van der Waals surface area contributed by atoms with Crippen molar-refractivity contribution in [2.75, 3.05) is 28.3 Å². The lowest BCUT2D eigenvalue weighted by Gasteiger charge is -2.51. The van der Waals surface area contributed by atoms with Gasteiger partial charge in [0.1, 0.15) is 48.0 Å². The maximum atomic E-state index is 14.5. The van der Waals surface area contributed by atoms with Crippen LogP contribution in [0.3, 0.4) is 0 Å². The SMILES string of the molecule is CC[C@H]1OC(=O)[C@H](C)[C@@H](O[C@H]2C[C@@](C)(OC)[C@@H](OC3OC(C(=O)O)C(O)C(O)C3O)[C@H](C)O2)[C@H](C)[C@@H](O[C@@H]2O[C@H](C)C[C@H](N(C)C)[C@H]2O)[C@](C)(OC)C[C@@H](C)C(=O)[C@H](C)[C@@H](O)[C@]1(C)O. The van der Waals surface area contributed by atoms with Gasteiger partial charge in [0.25, 0.3) is 0 Å². The molecule has 4 fully saturated rings. The zero-order valence-corrected chi connectivity index (χ0v) is 39.9. The number of methoxy groups -OCH3 is 2. The number of cyclic esters (lactones) is 1. The van der Waals surface area contributed by atoms with Crippen LogP contribution < -0.4 is 0 Å². The number of aliphatic carboxylic acids is 1. The molecule has 4 saturated heterocycles. The van der Waals surface area contributed by atoms with Crippen LogP contribution in [-0.4, -0.2) is 202 Å². The smallest absolute Gasteiger partial charge is 0.335 e. The Balaban J connectivity index is 1.81. The summed E-state index contributed by atoms with van der Waals surface area (Å²) >= 11 is 0. The quantitative estimate of drug-likeness (QED) is 0.138. The van der Waals surface area contributed by atoms with Crippen LogP contribution >= 0.6 is 0 Å². The number of aliphatic hydroxyl groups is 6. The molecule has 20 heteroatoms. The standard InChI is InChI=1S/C44H77NO19/c1-15-26-44(10,55)35(51)21(4)28(46)19(2)17-42(8,56-13)36(63-40-29(47)25(45(11)12)16-20(3)58-40)22(5)33(23(6)39(54)60-26)61-27-18-43(9,57-14)37(24(7)59-27)64-41-32(50)30(48)31(49)34(62-41)38(52)53/h19-27,29-37,40-41,47-51,55H,15-18H2,1-14H3,(H,52,53)/t19-,20-,21+,22+,23-,24+,25+,26-,27+,29-,30?,31?,32?,33+,34?,35-,36-,37+,40+,41?,42-,43-,44-/m1/s1. The Morgan fingerprint density at radius 1 is 0.766 bits per heavy atom. The molecule has 5 unspecified atom stereocenters. The Bertz CT molecular complexity index is 1570. The number of carbonyl (C=O) groups is 3. The predicted octanol–water partition coefficient (Wildman–Crippen LogP) is 0.356. The van der Waals surface area contributed by atoms with E-state index in [0.717, 1.165) is 0 Å². The van der Waals surface area contributed by atoms with Crippen LogP contribution in [0.1, 0.15) is 94.9 Å². The Morgan fingerprint density at radius 2 is 1.33 bits per heavy atom. The molecular weight excluding hydrogens is 846 g/mol. The highest BCUT2D eigenvalue weighted by atomic mass is 16.7. The normalized spacial score (nSPS) is 49.3. The lowest BCUT2D eigenvalue weighted by Crippen LogP contribution is -2.65. The number of esters is 1. The zero-order chi connectivity index (χ0) is 48.5. The van der Waals surface area contributed by atoms with Gasteiger partial charge < -0.3 is 83.3 Å². The van der Waals surface area contributed by atoms with Crippen molar-refractivity contribution < 1.29 is 92.8 Å². The topological polar surface area (TPSA) is 279 Å². The van der Waals surface area contributed by atoms with Gasteiger partial charge in [-0.15, -0.1) is 0 Å². The van der Waals surface area contributed by atoms with Gasteiger partial charge in [0.05, 0.1) is 47.6 Å². The molecule has 372 valence electrons. The van der Waals surface area contributed by atoms with E-state index in [0.29, 0.717) is 6.42 Å². The summed E-state index contributed by atoms with van der Waals surface area (Å²) in [5.41, 5.74) is -4.75. The van der Waals surface area contributed by atoms with Gasteiger partial charge in [-0.1, -0.05) is 27.7 Å². The summed E-state index contributed by atoms with van der Waals surface area (Å²) in [5, 5.41) is 76.2. The molecule has 4 aliphatic heterocycles. The minimum atomic E-state index is -2.05. The van der Waals surface area contributed by atoms with Crippen LogP contribution in [0.2, 0.25) is 0 Å². The molecule has 4 rings (SSSR count). The molecule has 4 heterocycles. The molecule has 20 nitrogen and oxygen atoms in total. The number of aliphatic hydroxyl groups excluding tert-OH is 5. The molecule has 0 radical (unpaired) electrons. The summed E-state index contributed by atoms with van der Waals surface area (Å²) in [6.07, 6.45) is -19.9. The van der Waals surface area contributed by atoms with E-state index in [4.69, 9.17) is 42.6 Å². The third-order valence-electron chi connectivity index (χ3n) is 14.3. The fraction of sp³-hybridized carbons (Fsp3) is 0.932. The lowest BCUT2D eigenvalue weighted by atomic mass is 9.74. The van der Waals surface area contributed by atoms with Crippen molar-refractivity contribution in [3.63, 3.8) is 0 Å². The molecule has 7 N–H and O–H groups in total. The fourth-order valence-corrected chi connectivity index (χ4v) is 10.1. The van der Waals surface area contributed by atoms with Crippen molar-refractivity contribution >= 4 is 17.7 Å². The highest BCUT2D eigenvalue weighted by Crippen LogP contribution is 2.43. The van der Waals surface area contributed by atoms with Crippen LogP contribution in [0.5, 0.6) is 0 Å². The molecule has 0 saturated carbocycles. The molecule has 0 spiro atoms. The highest BCUT2D eigenvalue weighted by Gasteiger charge is 2.56. The largest absolute Gasteiger partial charge is 0.479 e. The predicted molar refractivity (Wildman–Crippen MR) is 224 cm³/mol. The van der Waals surface area contributed by atoms with E-state index >= 15 is 0 Å². The Hall–Kier alpha value is -1.99. The number of likely N-dealkylation sites (N-methyl/N-ethyl adjacent to an activating group) is 1. The molecule has 0 amide bonds. The van der Waals surface area contributed by atoms with E-state index in [1.54, 1.807) is 48.5 Å². The Kier molecular flexibility index (Phi) is 18.4. The average Bonchev–Trinajstić information content (AvgIpc) is 3.23. The third kappa shape index (κ3) is 11.3. The summed E-state index contributed by atoms with van der Waals surface area (Å²) < 4.78 is 56.2. The lowest BCUT2D eigenvalue weighted by molar-refractivity contribution is -0.358. The van der Waals surface area contributed by atoms with Crippen molar-refractivity contribution in [3.05, 3.63) is 0 Å². The first-order valence-corrected chi connectivity index (χ1v) is 22.4. The summed E-state index contributed by atoms with van der Waals surface area (Å²) in [5.74, 6) is -6.66. The van der Waals surface area contributed by atoms with Crippen LogP contribution in [0.25, 0.3) is 0 Å². The Labute approximate surface area is 376 Å². The summed E-state index contributed by atoms with van der Waals surface area (Å²) in [6, 6.07) is -0.360. The van der Waals surface area contributed by atoms with E-state index in [1.165, 1.54) is 28.1 Å². The summed E-state index contributed by atoms with van der Waals surface area (Å²) in [6.45, 7) is 16.4. The maximum Gasteiger partial charge on any atom is 0.335 e. The second kappa shape index (κ2) is 21.5. The van der Waals surface area contributed by atoms with Crippen LogP contribution in [0, 0.1) is 23.7 Å². The highest BCUT2D eigenvalue weighted by molar-refractivity contribution is 5.83. The van der Waals surface area contributed by atoms with Crippen LogP contribution in [0.4, 0.5) is 0 Å². The van der Waals surface area contributed by atoms with Gasteiger partial charge in [0, 0.05) is 44.4 Å². The van der Waals surface area contributed by atoms with Gasteiger partial charge in [-0.05, 0) is 74.9 Å². The molecule has 64 heavy (non-hydrogen) atoms. The van der Waals surface area contributed by atoms with Gasteiger partial charge in [-0.2, -0.15) is 0 Å². The third-order valence-corrected chi connectivity index (χ3v) is 14.3. The number of hydrogen-bond acceptors (Lipinski definition) is 19. The van der Waals surface area contributed by atoms with Crippen LogP contribution in [-0.2, 0) is 57.0 Å². The Morgan fingerprint density at radius 3 is 1.88 bits per heavy atom. The van der Waals surface area contributed by atoms with Gasteiger partial charge in [0.15, 0.2) is 25.0 Å². The second-order valence-corrected chi connectivity index (χ2v) is 19.5. The van der Waals surface area contributed by atoms with Crippen molar-refractivity contribution in [3.8, 4) is 0 Å². The maximum absolute atomic E-state index is 14.5. The first kappa shape index (κ1) is 54.6. The van der Waals surface area contributed by atoms with E-state index in [1.807, 2.05) is 25.9 Å². The first-order chi connectivity index (χ1) is 29.6. The molecule has 4 aliphatic rings. The number of ether oxygens (including phenoxy) is 9. The van der Waals surface area contributed by atoms with Gasteiger partial charge in [-0.25, -0.2) is 4.79 Å². The molecule has 0 aliphatic carbocycles. The van der Waals surface area contributed by atoms with E-state index in [2.05, 4.69) is 0 Å². The first-order valence-electron chi connectivity index (χ1n) is 22.4. The molecule has 0 bridgehead atoms. The van der Waals surface area contributed by atoms with Gasteiger partial charge in [-0.3, -0.25) is 9.59 Å². The van der Waals surface area contributed by atoms with E-state index in [9.17, 15) is 50.1 Å². The molecule has 0 aromatic heterocycles. The summed E-state index contributed by atoms with van der Waals surface area (Å²) in [7, 11) is 6.53. The number of ketones is 1. The zero-order valence-electron chi connectivity index (χ0n) is 39.9. The fourth-order valence-electron chi connectivity index (χ4n) is 10.1. The van der Waals surface area contributed by atoms with E-state index < -0.39 is 138 Å². The van der Waals surface area contributed by atoms with Crippen molar-refractivity contribution in [2.45, 2.75) is 210 Å². The van der Waals surface area contributed by atoms with Gasteiger partial charge >= 0.3 is 11.9 Å². The number of rotatable bonds is 11. The average molecular weight is 924 g/mol. The number of carbonyl (C=O) groups excluding carboxylic acids is 2. The van der Waals surface area contributed by atoms with Crippen molar-refractivity contribution in [1.29, 1.82) is 0 Å². The van der Waals surface area contributed by atoms with E-state index in [-0.39, 0.29) is 37.2 Å². The van der Waals surface area contributed by atoms with Gasteiger partial charge in [0.2, 0.25) is 0 Å². The van der Waals surface area contributed by atoms with Crippen LogP contribution in [0.15, 0.2) is 0 Å². The molecular formula is C44H77NO19. The molecule has 0 aromatic carbocycles. The number of Topliss-reactive ketones (excluding diaryl/α,β-unsaturated/α-hetero) is 1. The van der Waals surface area contributed by atoms with Crippen molar-refractivity contribution in [2.24, 2.45) is 23.7 Å². The number of carboxylic acid groups (broad SMARTS) is 1. The minimum absolute atomic E-state index is 0.0239. The van der Waals surface area contributed by atoms with Crippen molar-refractivity contribution in [1.82, 2.24) is 4.90 Å². The number of carboxylic acids is 1. The second-order valence-electron chi connectivity index (χ2n) is 19.5. The number of nitrogens with zero attached hydrogens (tertiary/aromatic N) is 1. The molecule has 23 atom stereocenters.